The number of piperidine rings is 1. The van der Waals surface area contributed by atoms with Crippen LogP contribution in [0.1, 0.15) is 40.0 Å². The molecule has 1 fully saturated rings. The Morgan fingerprint density at radius 1 is 1.40 bits per heavy atom. The fraction of sp³-hybridized carbons (Fsp3) is 0.857. The molecular formula is C14H27N3O3. The number of carbonyl (C=O) groups excluding carboxylic acids is 1. The van der Waals surface area contributed by atoms with Gasteiger partial charge in [0.25, 0.3) is 0 Å². The van der Waals surface area contributed by atoms with Gasteiger partial charge >= 0.3 is 12.0 Å². The van der Waals surface area contributed by atoms with Gasteiger partial charge in [0.05, 0.1) is 0 Å². The Hall–Kier alpha value is -1.30. The topological polar surface area (TPSA) is 81.7 Å². The van der Waals surface area contributed by atoms with Crippen molar-refractivity contribution in [1.82, 2.24) is 15.5 Å². The molecule has 3 N–H and O–H groups in total. The standard InChI is InChI=1S/C14H27N3O3/c1-9(2)7-12(13(18)19)16-14(20)15-11-5-6-17(4)10(3)8-11/h9-12H,5-8H2,1-4H3,(H,18,19)(H2,15,16,20). The van der Waals surface area contributed by atoms with Gasteiger partial charge in [-0.25, -0.2) is 9.59 Å². The molecule has 1 saturated heterocycles. The Kier molecular flexibility index (Phi) is 6.26. The van der Waals surface area contributed by atoms with E-state index in [1.54, 1.807) is 0 Å². The van der Waals surface area contributed by atoms with Crippen molar-refractivity contribution in [1.29, 1.82) is 0 Å². The lowest BCUT2D eigenvalue weighted by Crippen LogP contribution is -2.53. The summed E-state index contributed by atoms with van der Waals surface area (Å²) >= 11 is 0. The van der Waals surface area contributed by atoms with Crippen LogP contribution in [0.3, 0.4) is 0 Å². The van der Waals surface area contributed by atoms with Crippen molar-refractivity contribution in [3.63, 3.8) is 0 Å². The number of carbonyl (C=O) groups is 2. The molecule has 1 aliphatic heterocycles. The zero-order valence-electron chi connectivity index (χ0n) is 12.8. The molecule has 3 unspecified atom stereocenters. The van der Waals surface area contributed by atoms with E-state index >= 15 is 0 Å². The number of carboxylic acid groups (broad SMARTS) is 1. The molecule has 0 aliphatic carbocycles. The minimum Gasteiger partial charge on any atom is -0.480 e. The number of rotatable bonds is 5. The Morgan fingerprint density at radius 2 is 2.05 bits per heavy atom. The molecule has 6 heteroatoms. The summed E-state index contributed by atoms with van der Waals surface area (Å²) in [7, 11) is 2.07. The highest BCUT2D eigenvalue weighted by atomic mass is 16.4. The van der Waals surface area contributed by atoms with Crippen molar-refractivity contribution in [2.45, 2.75) is 58.2 Å². The molecule has 1 heterocycles. The maximum Gasteiger partial charge on any atom is 0.326 e. The highest BCUT2D eigenvalue weighted by Crippen LogP contribution is 2.15. The van der Waals surface area contributed by atoms with Crippen molar-refractivity contribution in [3.05, 3.63) is 0 Å². The molecule has 0 aromatic rings. The van der Waals surface area contributed by atoms with Crippen molar-refractivity contribution in [2.24, 2.45) is 5.92 Å². The monoisotopic (exact) mass is 285 g/mol. The fourth-order valence-electron chi connectivity index (χ4n) is 2.50. The summed E-state index contributed by atoms with van der Waals surface area (Å²) in [5.74, 6) is -0.759. The molecule has 0 aromatic carbocycles. The Bertz CT molecular complexity index is 347. The summed E-state index contributed by atoms with van der Waals surface area (Å²) < 4.78 is 0. The highest BCUT2D eigenvalue weighted by Gasteiger charge is 2.26. The minimum atomic E-state index is -0.981. The first-order valence-corrected chi connectivity index (χ1v) is 7.29. The third-order valence-corrected chi connectivity index (χ3v) is 3.85. The average Bonchev–Trinajstić information content (AvgIpc) is 2.32. The number of hydrogen-bond acceptors (Lipinski definition) is 3. The Balaban J connectivity index is 2.43. The third-order valence-electron chi connectivity index (χ3n) is 3.85. The molecule has 0 saturated carbocycles. The second-order valence-corrected chi connectivity index (χ2v) is 6.19. The lowest BCUT2D eigenvalue weighted by atomic mass is 9.99. The molecular weight excluding hydrogens is 258 g/mol. The van der Waals surface area contributed by atoms with Gasteiger partial charge in [0.1, 0.15) is 6.04 Å². The summed E-state index contributed by atoms with van der Waals surface area (Å²) in [6.07, 6.45) is 2.23. The zero-order valence-corrected chi connectivity index (χ0v) is 12.8. The maximum atomic E-state index is 11.9. The zero-order chi connectivity index (χ0) is 15.3. The minimum absolute atomic E-state index is 0.120. The van der Waals surface area contributed by atoms with E-state index in [0.29, 0.717) is 12.5 Å². The van der Waals surface area contributed by atoms with Crippen molar-refractivity contribution in [3.8, 4) is 0 Å². The number of hydrogen-bond donors (Lipinski definition) is 3. The van der Waals surface area contributed by atoms with Crippen molar-refractivity contribution >= 4 is 12.0 Å². The lowest BCUT2D eigenvalue weighted by Gasteiger charge is -2.35. The predicted octanol–water partition coefficient (Wildman–Crippen LogP) is 1.27. The van der Waals surface area contributed by atoms with Crippen LogP contribution in [-0.4, -0.2) is 53.7 Å². The Morgan fingerprint density at radius 3 is 2.55 bits per heavy atom. The largest absolute Gasteiger partial charge is 0.480 e. The molecule has 116 valence electrons. The number of amides is 2. The van der Waals surface area contributed by atoms with E-state index in [9.17, 15) is 9.59 Å². The van der Waals surface area contributed by atoms with Gasteiger partial charge in [-0.05, 0) is 39.2 Å². The molecule has 1 aliphatic rings. The lowest BCUT2D eigenvalue weighted by molar-refractivity contribution is -0.139. The van der Waals surface area contributed by atoms with Crippen LogP contribution in [0.15, 0.2) is 0 Å². The van der Waals surface area contributed by atoms with E-state index in [4.69, 9.17) is 5.11 Å². The van der Waals surface area contributed by atoms with Gasteiger partial charge in [-0.15, -0.1) is 0 Å². The van der Waals surface area contributed by atoms with Gasteiger partial charge in [-0.2, -0.15) is 0 Å². The highest BCUT2D eigenvalue weighted by molar-refractivity contribution is 5.82. The van der Waals surface area contributed by atoms with Crippen molar-refractivity contribution in [2.75, 3.05) is 13.6 Å². The fourth-order valence-corrected chi connectivity index (χ4v) is 2.50. The first kappa shape index (κ1) is 16.8. The molecule has 0 aromatic heterocycles. The molecule has 1 rings (SSSR count). The van der Waals surface area contributed by atoms with Gasteiger partial charge in [0.2, 0.25) is 0 Å². The van der Waals surface area contributed by atoms with E-state index in [2.05, 4.69) is 29.5 Å². The summed E-state index contributed by atoms with van der Waals surface area (Å²) in [5.41, 5.74) is 0. The quantitative estimate of drug-likeness (QED) is 0.710. The maximum absolute atomic E-state index is 11.9. The van der Waals surface area contributed by atoms with Crippen LogP contribution in [0.4, 0.5) is 4.79 Å². The second kappa shape index (κ2) is 7.47. The number of carboxylic acids is 1. The second-order valence-electron chi connectivity index (χ2n) is 6.19. The van der Waals surface area contributed by atoms with E-state index in [1.807, 2.05) is 13.8 Å². The van der Waals surface area contributed by atoms with Gasteiger partial charge < -0.3 is 20.6 Å². The van der Waals surface area contributed by atoms with E-state index in [0.717, 1.165) is 19.4 Å². The average molecular weight is 285 g/mol. The first-order valence-electron chi connectivity index (χ1n) is 7.29. The van der Waals surface area contributed by atoms with Crippen LogP contribution < -0.4 is 10.6 Å². The van der Waals surface area contributed by atoms with Crippen LogP contribution in [0, 0.1) is 5.92 Å². The molecule has 20 heavy (non-hydrogen) atoms. The van der Waals surface area contributed by atoms with Crippen LogP contribution >= 0.6 is 0 Å². The van der Waals surface area contributed by atoms with Crippen LogP contribution in [-0.2, 0) is 4.79 Å². The third kappa shape index (κ3) is 5.36. The molecule has 3 atom stereocenters. The normalized spacial score (nSPS) is 25.2. The van der Waals surface area contributed by atoms with Gasteiger partial charge in [0, 0.05) is 18.6 Å². The van der Waals surface area contributed by atoms with Gasteiger partial charge in [-0.1, -0.05) is 13.8 Å². The number of nitrogens with one attached hydrogen (secondary N) is 2. The van der Waals surface area contributed by atoms with Gasteiger partial charge in [0.15, 0.2) is 0 Å². The molecule has 0 radical (unpaired) electrons. The molecule has 0 spiro atoms. The summed E-state index contributed by atoms with van der Waals surface area (Å²) in [6, 6.07) is -0.645. The van der Waals surface area contributed by atoms with Crippen molar-refractivity contribution < 1.29 is 14.7 Å². The van der Waals surface area contributed by atoms with Crippen LogP contribution in [0.5, 0.6) is 0 Å². The number of urea groups is 1. The number of aliphatic carboxylic acids is 1. The summed E-state index contributed by atoms with van der Waals surface area (Å²) in [5, 5.41) is 14.6. The smallest absolute Gasteiger partial charge is 0.326 e. The van der Waals surface area contributed by atoms with Crippen LogP contribution in [0.25, 0.3) is 0 Å². The Labute approximate surface area is 120 Å². The van der Waals surface area contributed by atoms with Gasteiger partial charge in [-0.3, -0.25) is 0 Å². The molecule has 0 bridgehead atoms. The van der Waals surface area contributed by atoms with E-state index in [1.165, 1.54) is 0 Å². The van der Waals surface area contributed by atoms with E-state index in [-0.39, 0.29) is 18.0 Å². The SMILES string of the molecule is CC(C)CC(NC(=O)NC1CCN(C)C(C)C1)C(=O)O. The van der Waals surface area contributed by atoms with E-state index < -0.39 is 12.0 Å². The number of nitrogens with zero attached hydrogens (tertiary/aromatic N) is 1. The first-order chi connectivity index (χ1) is 9.29. The van der Waals surface area contributed by atoms with Crippen LogP contribution in [0.2, 0.25) is 0 Å². The summed E-state index contributed by atoms with van der Waals surface area (Å²) in [6.45, 7) is 6.95. The predicted molar refractivity (Wildman–Crippen MR) is 77.7 cm³/mol. The summed E-state index contributed by atoms with van der Waals surface area (Å²) in [4.78, 5) is 25.3. The number of likely N-dealkylation sites (tertiary alicyclic amines) is 1. The molecule has 6 nitrogen and oxygen atoms in total. The molecule has 2 amide bonds.